The molecule has 1 nitrogen and oxygen atoms in total. The third-order valence-corrected chi connectivity index (χ3v) is 2.05. The van der Waals surface area contributed by atoms with Crippen LogP contribution >= 0.6 is 35.0 Å². The van der Waals surface area contributed by atoms with Crippen LogP contribution in [-0.2, 0) is 6.54 Å². The first kappa shape index (κ1) is 11.1. The van der Waals surface area contributed by atoms with Gasteiger partial charge in [-0.15, -0.1) is 12.4 Å². The van der Waals surface area contributed by atoms with Gasteiger partial charge in [0.1, 0.15) is 5.82 Å². The Balaban J connectivity index is 0.000001000. The van der Waals surface area contributed by atoms with Crippen molar-refractivity contribution in [2.24, 2.45) is 5.73 Å². The standard InChI is InChI=1S/C7H7FIN.ClH/c8-6-2-1-5(4-10)3-7(6)9;/h1-3H,4,10H2;1H. The Bertz CT molecular complexity index is 242. The minimum absolute atomic E-state index is 0. The van der Waals surface area contributed by atoms with E-state index in [4.69, 9.17) is 5.73 Å². The van der Waals surface area contributed by atoms with Gasteiger partial charge in [-0.1, -0.05) is 6.07 Å². The van der Waals surface area contributed by atoms with E-state index in [1.54, 1.807) is 12.1 Å². The molecule has 11 heavy (non-hydrogen) atoms. The maximum Gasteiger partial charge on any atom is 0.136 e. The number of benzene rings is 1. The van der Waals surface area contributed by atoms with E-state index in [0.717, 1.165) is 5.56 Å². The Labute approximate surface area is 84.7 Å². The van der Waals surface area contributed by atoms with E-state index in [9.17, 15) is 4.39 Å². The molecule has 1 aromatic rings. The van der Waals surface area contributed by atoms with E-state index in [1.807, 2.05) is 22.6 Å². The normalized spacial score (nSPS) is 9.00. The predicted octanol–water partition coefficient (Wildman–Crippen LogP) is 2.31. The Kier molecular flexibility index (Phi) is 4.96. The molecule has 0 heterocycles. The highest BCUT2D eigenvalue weighted by molar-refractivity contribution is 14.1. The summed E-state index contributed by atoms with van der Waals surface area (Å²) in [5.74, 6) is -0.183. The largest absolute Gasteiger partial charge is 0.326 e. The second-order valence-electron chi connectivity index (χ2n) is 1.95. The van der Waals surface area contributed by atoms with Gasteiger partial charge in [0.2, 0.25) is 0 Å². The first-order chi connectivity index (χ1) is 4.74. The van der Waals surface area contributed by atoms with Gasteiger partial charge >= 0.3 is 0 Å². The fourth-order valence-electron chi connectivity index (χ4n) is 0.667. The lowest BCUT2D eigenvalue weighted by Crippen LogP contribution is -1.96. The van der Waals surface area contributed by atoms with Crippen molar-refractivity contribution in [2.45, 2.75) is 6.54 Å². The fourth-order valence-corrected chi connectivity index (χ4v) is 1.25. The average Bonchev–Trinajstić information content (AvgIpc) is 1.95. The third-order valence-electron chi connectivity index (χ3n) is 1.22. The van der Waals surface area contributed by atoms with Gasteiger partial charge in [0.15, 0.2) is 0 Å². The summed E-state index contributed by atoms with van der Waals surface area (Å²) in [5, 5.41) is 0. The topological polar surface area (TPSA) is 26.0 Å². The van der Waals surface area contributed by atoms with Gasteiger partial charge < -0.3 is 5.73 Å². The van der Waals surface area contributed by atoms with Gasteiger partial charge in [0, 0.05) is 10.1 Å². The number of rotatable bonds is 1. The molecule has 0 aliphatic carbocycles. The summed E-state index contributed by atoms with van der Waals surface area (Å²) in [6.07, 6.45) is 0. The molecule has 0 fully saturated rings. The molecule has 0 saturated carbocycles. The van der Waals surface area contributed by atoms with Crippen molar-refractivity contribution in [1.29, 1.82) is 0 Å². The summed E-state index contributed by atoms with van der Waals surface area (Å²) in [6, 6.07) is 4.87. The van der Waals surface area contributed by atoms with Crippen LogP contribution in [0.25, 0.3) is 0 Å². The molecule has 62 valence electrons. The van der Waals surface area contributed by atoms with E-state index in [0.29, 0.717) is 10.1 Å². The zero-order valence-electron chi connectivity index (χ0n) is 5.68. The maximum atomic E-state index is 12.6. The van der Waals surface area contributed by atoms with E-state index in [2.05, 4.69) is 0 Å². The summed E-state index contributed by atoms with van der Waals surface area (Å²) in [5.41, 5.74) is 6.31. The first-order valence-corrected chi connectivity index (χ1v) is 3.96. The van der Waals surface area contributed by atoms with Crippen LogP contribution in [0.1, 0.15) is 5.56 Å². The van der Waals surface area contributed by atoms with E-state index < -0.39 is 0 Å². The number of hydrogen-bond donors (Lipinski definition) is 1. The van der Waals surface area contributed by atoms with Gasteiger partial charge in [-0.05, 0) is 40.3 Å². The molecular weight excluding hydrogens is 279 g/mol. The second-order valence-corrected chi connectivity index (χ2v) is 3.11. The van der Waals surface area contributed by atoms with Crippen molar-refractivity contribution in [1.82, 2.24) is 0 Å². The first-order valence-electron chi connectivity index (χ1n) is 2.88. The lowest BCUT2D eigenvalue weighted by Gasteiger charge is -1.97. The SMILES string of the molecule is Cl.NCc1ccc(F)c(I)c1. The van der Waals surface area contributed by atoms with Crippen molar-refractivity contribution in [3.8, 4) is 0 Å². The summed E-state index contributed by atoms with van der Waals surface area (Å²) >= 11 is 1.94. The van der Waals surface area contributed by atoms with Crippen LogP contribution in [0.15, 0.2) is 18.2 Å². The number of nitrogens with two attached hydrogens (primary N) is 1. The molecule has 0 saturated heterocycles. The number of halogens is 3. The highest BCUT2D eigenvalue weighted by Crippen LogP contribution is 2.11. The lowest BCUT2D eigenvalue weighted by molar-refractivity contribution is 0.619. The molecule has 0 radical (unpaired) electrons. The average molecular weight is 288 g/mol. The minimum atomic E-state index is -0.183. The summed E-state index contributed by atoms with van der Waals surface area (Å²) in [4.78, 5) is 0. The fraction of sp³-hybridized carbons (Fsp3) is 0.143. The molecule has 4 heteroatoms. The Morgan fingerprint density at radius 1 is 1.45 bits per heavy atom. The Morgan fingerprint density at radius 2 is 2.09 bits per heavy atom. The lowest BCUT2D eigenvalue weighted by atomic mass is 10.2. The molecule has 0 aromatic heterocycles. The third kappa shape index (κ3) is 2.92. The molecule has 0 atom stereocenters. The highest BCUT2D eigenvalue weighted by Gasteiger charge is 1.97. The molecule has 0 bridgehead atoms. The van der Waals surface area contributed by atoms with Crippen molar-refractivity contribution >= 4 is 35.0 Å². The molecule has 0 amide bonds. The molecule has 0 unspecified atom stereocenters. The maximum absolute atomic E-state index is 12.6. The van der Waals surface area contributed by atoms with E-state index in [1.165, 1.54) is 6.07 Å². The van der Waals surface area contributed by atoms with Gasteiger partial charge in [-0.3, -0.25) is 0 Å². The summed E-state index contributed by atoms with van der Waals surface area (Å²) in [6.45, 7) is 0.469. The molecule has 0 spiro atoms. The van der Waals surface area contributed by atoms with E-state index in [-0.39, 0.29) is 18.2 Å². The monoisotopic (exact) mass is 287 g/mol. The Hall–Kier alpha value is 0.130. The molecule has 1 aromatic carbocycles. The summed E-state index contributed by atoms with van der Waals surface area (Å²) < 4.78 is 13.2. The molecule has 2 N–H and O–H groups in total. The zero-order valence-corrected chi connectivity index (χ0v) is 8.65. The number of hydrogen-bond acceptors (Lipinski definition) is 1. The van der Waals surface area contributed by atoms with Crippen LogP contribution < -0.4 is 5.73 Å². The molecule has 1 rings (SSSR count). The second kappa shape index (κ2) is 4.90. The van der Waals surface area contributed by atoms with Crippen LogP contribution in [0.3, 0.4) is 0 Å². The van der Waals surface area contributed by atoms with Gasteiger partial charge in [-0.25, -0.2) is 4.39 Å². The minimum Gasteiger partial charge on any atom is -0.326 e. The Morgan fingerprint density at radius 3 is 2.55 bits per heavy atom. The van der Waals surface area contributed by atoms with Crippen molar-refractivity contribution < 1.29 is 4.39 Å². The highest BCUT2D eigenvalue weighted by atomic mass is 127. The predicted molar refractivity (Wildman–Crippen MR) is 54.3 cm³/mol. The van der Waals surface area contributed by atoms with Crippen LogP contribution in [0.4, 0.5) is 4.39 Å². The molecular formula is C7H8ClFIN. The van der Waals surface area contributed by atoms with Crippen LogP contribution in [-0.4, -0.2) is 0 Å². The quantitative estimate of drug-likeness (QED) is 0.788. The van der Waals surface area contributed by atoms with Crippen LogP contribution in [0, 0.1) is 9.39 Å². The van der Waals surface area contributed by atoms with Gasteiger partial charge in [0.25, 0.3) is 0 Å². The van der Waals surface area contributed by atoms with Crippen LogP contribution in [0.2, 0.25) is 0 Å². The summed E-state index contributed by atoms with van der Waals surface area (Å²) in [7, 11) is 0. The zero-order chi connectivity index (χ0) is 7.56. The molecule has 0 aliphatic heterocycles. The van der Waals surface area contributed by atoms with E-state index >= 15 is 0 Å². The van der Waals surface area contributed by atoms with Gasteiger partial charge in [0.05, 0.1) is 0 Å². The van der Waals surface area contributed by atoms with Crippen LogP contribution in [0.5, 0.6) is 0 Å². The van der Waals surface area contributed by atoms with Gasteiger partial charge in [-0.2, -0.15) is 0 Å². The van der Waals surface area contributed by atoms with Crippen molar-refractivity contribution in [2.75, 3.05) is 0 Å². The van der Waals surface area contributed by atoms with Crippen molar-refractivity contribution in [3.63, 3.8) is 0 Å². The van der Waals surface area contributed by atoms with Crippen molar-refractivity contribution in [3.05, 3.63) is 33.1 Å². The smallest absolute Gasteiger partial charge is 0.136 e. The molecule has 0 aliphatic rings.